The van der Waals surface area contributed by atoms with Gasteiger partial charge in [-0.15, -0.1) is 0 Å². The van der Waals surface area contributed by atoms with Crippen LogP contribution in [0.2, 0.25) is 0 Å². The Labute approximate surface area is 190 Å². The number of pyridine rings is 1. The Kier molecular flexibility index (Phi) is 6.41. The van der Waals surface area contributed by atoms with E-state index in [2.05, 4.69) is 15.4 Å². The smallest absolute Gasteiger partial charge is 0.191 e. The molecule has 0 aliphatic heterocycles. The van der Waals surface area contributed by atoms with Crippen LogP contribution < -0.4 is 19.7 Å². The lowest BCUT2D eigenvalue weighted by Gasteiger charge is -2.27. The predicted octanol–water partition coefficient (Wildman–Crippen LogP) is 4.29. The van der Waals surface area contributed by atoms with Crippen molar-refractivity contribution in [3.05, 3.63) is 60.6 Å². The highest BCUT2D eigenvalue weighted by Gasteiger charge is 2.26. The second-order valence-electron chi connectivity index (χ2n) is 7.52. The third-order valence-electron chi connectivity index (χ3n) is 5.42. The minimum absolute atomic E-state index is 0.0981. The molecule has 1 N–H and O–H groups in total. The molecule has 4 aromatic rings. The lowest BCUT2D eigenvalue weighted by atomic mass is 10.1. The van der Waals surface area contributed by atoms with Crippen molar-refractivity contribution in [3.63, 3.8) is 0 Å². The van der Waals surface area contributed by atoms with Gasteiger partial charge < -0.3 is 19.7 Å². The normalized spacial score (nSPS) is 11.1. The van der Waals surface area contributed by atoms with Crippen molar-refractivity contribution in [1.29, 1.82) is 0 Å². The number of benzene rings is 2. The van der Waals surface area contributed by atoms with Gasteiger partial charge in [0, 0.05) is 60.8 Å². The number of methoxy groups -OCH3 is 2. The van der Waals surface area contributed by atoms with Crippen LogP contribution in [0.25, 0.3) is 22.0 Å². The predicted molar refractivity (Wildman–Crippen MR) is 124 cm³/mol. The largest absolute Gasteiger partial charge is 0.493 e. The van der Waals surface area contributed by atoms with Gasteiger partial charge in [0.25, 0.3) is 0 Å². The topological polar surface area (TPSA) is 64.4 Å². The molecule has 0 fully saturated rings. The third-order valence-corrected chi connectivity index (χ3v) is 5.42. The van der Waals surface area contributed by atoms with Gasteiger partial charge in [-0.05, 0) is 31.3 Å². The molecule has 0 spiro atoms. The summed E-state index contributed by atoms with van der Waals surface area (Å²) >= 11 is 0. The lowest BCUT2D eigenvalue weighted by molar-refractivity contribution is 0.359. The van der Waals surface area contributed by atoms with E-state index in [1.165, 1.54) is 20.3 Å². The lowest BCUT2D eigenvalue weighted by Crippen LogP contribution is -2.28. The van der Waals surface area contributed by atoms with E-state index in [0.29, 0.717) is 18.8 Å². The number of hydrogen-bond acceptors (Lipinski definition) is 6. The standard InChI is InChI=1S/C24H25F2N5O2/c1-27-7-8-31(24-22(25)20(32-3)11-21(33-4)23(24)26)18-5-6-19-15(10-18)9-16(12-28-19)17-13-29-30(2)14-17/h5-6,9-14,27H,7-8H2,1-4H3. The highest BCUT2D eigenvalue weighted by molar-refractivity contribution is 5.87. The zero-order chi connectivity index (χ0) is 23.5. The van der Waals surface area contributed by atoms with Crippen molar-refractivity contribution in [3.8, 4) is 22.6 Å². The van der Waals surface area contributed by atoms with Crippen molar-refractivity contribution in [2.24, 2.45) is 7.05 Å². The average Bonchev–Trinajstić information content (AvgIpc) is 3.27. The fraction of sp³-hybridized carbons (Fsp3) is 0.250. The van der Waals surface area contributed by atoms with Crippen molar-refractivity contribution < 1.29 is 18.3 Å². The van der Waals surface area contributed by atoms with Crippen LogP contribution in [0.4, 0.5) is 20.2 Å². The second kappa shape index (κ2) is 9.41. The first kappa shape index (κ1) is 22.5. The summed E-state index contributed by atoms with van der Waals surface area (Å²) in [5.74, 6) is -1.79. The number of anilines is 2. The zero-order valence-electron chi connectivity index (χ0n) is 18.9. The van der Waals surface area contributed by atoms with Gasteiger partial charge in [0.1, 0.15) is 5.69 Å². The molecule has 0 saturated heterocycles. The fourth-order valence-corrected chi connectivity index (χ4v) is 3.72. The molecule has 0 radical (unpaired) electrons. The number of nitrogens with zero attached hydrogens (tertiary/aromatic N) is 4. The highest BCUT2D eigenvalue weighted by atomic mass is 19.1. The van der Waals surface area contributed by atoms with E-state index in [4.69, 9.17) is 9.47 Å². The van der Waals surface area contributed by atoms with E-state index < -0.39 is 11.6 Å². The summed E-state index contributed by atoms with van der Waals surface area (Å²) in [4.78, 5) is 6.11. The van der Waals surface area contributed by atoms with E-state index in [9.17, 15) is 0 Å². The summed E-state index contributed by atoms with van der Waals surface area (Å²) in [6, 6.07) is 8.67. The summed E-state index contributed by atoms with van der Waals surface area (Å²) in [7, 11) is 6.29. The Morgan fingerprint density at radius 1 is 1.00 bits per heavy atom. The Morgan fingerprint density at radius 3 is 2.33 bits per heavy atom. The van der Waals surface area contributed by atoms with E-state index in [1.54, 1.807) is 35.1 Å². The van der Waals surface area contributed by atoms with E-state index in [0.717, 1.165) is 22.0 Å². The van der Waals surface area contributed by atoms with Gasteiger partial charge in [-0.1, -0.05) is 0 Å². The Balaban J connectivity index is 1.86. The third kappa shape index (κ3) is 4.31. The molecular formula is C24H25F2N5O2. The molecule has 0 unspecified atom stereocenters. The number of ether oxygens (including phenoxy) is 2. The number of aryl methyl sites for hydroxylation is 1. The molecule has 7 nitrogen and oxygen atoms in total. The number of nitrogens with one attached hydrogen (secondary N) is 1. The summed E-state index contributed by atoms with van der Waals surface area (Å²) in [6.07, 6.45) is 5.45. The molecule has 0 saturated carbocycles. The van der Waals surface area contributed by atoms with E-state index in [-0.39, 0.29) is 17.2 Å². The van der Waals surface area contributed by atoms with Crippen LogP contribution in [0.3, 0.4) is 0 Å². The van der Waals surface area contributed by atoms with Crippen molar-refractivity contribution >= 4 is 22.3 Å². The molecule has 0 bridgehead atoms. The SMILES string of the molecule is CNCCN(c1ccc2ncc(-c3cnn(C)c3)cc2c1)c1c(F)c(OC)cc(OC)c1F. The van der Waals surface area contributed by atoms with Crippen molar-refractivity contribution in [1.82, 2.24) is 20.1 Å². The molecule has 2 heterocycles. The average molecular weight is 453 g/mol. The van der Waals surface area contributed by atoms with Gasteiger partial charge in [-0.3, -0.25) is 9.67 Å². The maximum Gasteiger partial charge on any atom is 0.191 e. The summed E-state index contributed by atoms with van der Waals surface area (Å²) in [5.41, 5.74) is 2.96. The van der Waals surface area contributed by atoms with Gasteiger partial charge >= 0.3 is 0 Å². The molecule has 0 amide bonds. The molecule has 9 heteroatoms. The van der Waals surface area contributed by atoms with Gasteiger partial charge in [-0.25, -0.2) is 8.78 Å². The maximum absolute atomic E-state index is 15.3. The monoisotopic (exact) mass is 453 g/mol. The molecule has 2 aromatic carbocycles. The summed E-state index contributed by atoms with van der Waals surface area (Å²) < 4.78 is 42.6. The quantitative estimate of drug-likeness (QED) is 0.430. The van der Waals surface area contributed by atoms with Gasteiger partial charge in [0.15, 0.2) is 23.1 Å². The number of halogens is 2. The maximum atomic E-state index is 15.3. The van der Waals surface area contributed by atoms with Gasteiger partial charge in [0.2, 0.25) is 0 Å². The Bertz CT molecular complexity index is 1260. The van der Waals surface area contributed by atoms with E-state index in [1.807, 2.05) is 31.4 Å². The fourth-order valence-electron chi connectivity index (χ4n) is 3.72. The van der Waals surface area contributed by atoms with Crippen LogP contribution in [0, 0.1) is 11.6 Å². The zero-order valence-corrected chi connectivity index (χ0v) is 18.9. The van der Waals surface area contributed by atoms with Crippen LogP contribution in [-0.4, -0.2) is 49.1 Å². The summed E-state index contributed by atoms with van der Waals surface area (Å²) in [5, 5.41) is 8.08. The minimum Gasteiger partial charge on any atom is -0.493 e. The first-order valence-corrected chi connectivity index (χ1v) is 10.4. The van der Waals surface area contributed by atoms with Crippen LogP contribution in [0.1, 0.15) is 0 Å². The molecule has 4 rings (SSSR count). The molecule has 33 heavy (non-hydrogen) atoms. The second-order valence-corrected chi connectivity index (χ2v) is 7.52. The molecule has 2 aromatic heterocycles. The highest BCUT2D eigenvalue weighted by Crippen LogP contribution is 2.40. The van der Waals surface area contributed by atoms with Gasteiger partial charge in [0.05, 0.1) is 25.9 Å². The Hall–Kier alpha value is -3.72. The number of likely N-dealkylation sites (N-methyl/N-ethyl adjacent to an activating group) is 1. The van der Waals surface area contributed by atoms with Crippen LogP contribution in [-0.2, 0) is 7.05 Å². The number of hydrogen-bond donors (Lipinski definition) is 1. The van der Waals surface area contributed by atoms with Crippen LogP contribution >= 0.6 is 0 Å². The number of rotatable bonds is 8. The molecule has 0 aliphatic carbocycles. The van der Waals surface area contributed by atoms with Crippen molar-refractivity contribution in [2.45, 2.75) is 0 Å². The Morgan fingerprint density at radius 2 is 1.73 bits per heavy atom. The first-order chi connectivity index (χ1) is 16.0. The van der Waals surface area contributed by atoms with Crippen LogP contribution in [0.5, 0.6) is 11.5 Å². The molecule has 0 aliphatic rings. The van der Waals surface area contributed by atoms with Crippen molar-refractivity contribution in [2.75, 3.05) is 39.3 Å². The molecule has 172 valence electrons. The number of fused-ring (bicyclic) bond motifs is 1. The minimum atomic E-state index is -0.797. The first-order valence-electron chi connectivity index (χ1n) is 10.4. The number of aromatic nitrogens is 3. The van der Waals surface area contributed by atoms with E-state index >= 15 is 8.78 Å². The molecule has 0 atom stereocenters. The van der Waals surface area contributed by atoms with Crippen LogP contribution in [0.15, 0.2) is 48.9 Å². The van der Waals surface area contributed by atoms with Gasteiger partial charge in [-0.2, -0.15) is 5.10 Å². The summed E-state index contributed by atoms with van der Waals surface area (Å²) in [6.45, 7) is 0.798. The molecular weight excluding hydrogens is 428 g/mol.